The normalized spacial score (nSPS) is 24.5. The molecule has 1 fully saturated rings. The highest BCUT2D eigenvalue weighted by molar-refractivity contribution is 5.69. The van der Waals surface area contributed by atoms with E-state index in [0.29, 0.717) is 29.1 Å². The molecule has 2 unspecified atom stereocenters. The maximum absolute atomic E-state index is 11.1. The van der Waals surface area contributed by atoms with E-state index in [0.717, 1.165) is 19.3 Å². The summed E-state index contributed by atoms with van der Waals surface area (Å²) in [7, 11) is 0. The molecule has 1 saturated carbocycles. The van der Waals surface area contributed by atoms with Gasteiger partial charge in [0.2, 0.25) is 6.79 Å². The molecule has 6 heteroatoms. The van der Waals surface area contributed by atoms with E-state index >= 15 is 0 Å². The van der Waals surface area contributed by atoms with E-state index < -0.39 is 0 Å². The Kier molecular flexibility index (Phi) is 2.93. The van der Waals surface area contributed by atoms with Gasteiger partial charge in [-0.25, -0.2) is 0 Å². The maximum Gasteiger partial charge on any atom is 0.296 e. The molecule has 1 aromatic carbocycles. The number of nitro groups is 1. The highest BCUT2D eigenvalue weighted by Gasteiger charge is 2.28. The molecule has 0 saturated heterocycles. The summed E-state index contributed by atoms with van der Waals surface area (Å²) in [4.78, 5) is 10.8. The number of anilines is 1. The maximum atomic E-state index is 11.1. The van der Waals surface area contributed by atoms with Crippen molar-refractivity contribution in [1.29, 1.82) is 0 Å². The van der Waals surface area contributed by atoms with Crippen molar-refractivity contribution in [1.82, 2.24) is 0 Å². The first-order valence-corrected chi connectivity index (χ1v) is 6.49. The minimum Gasteiger partial charge on any atom is -0.454 e. The van der Waals surface area contributed by atoms with E-state index in [9.17, 15) is 10.1 Å². The van der Waals surface area contributed by atoms with Crippen molar-refractivity contribution < 1.29 is 14.4 Å². The van der Waals surface area contributed by atoms with E-state index in [-0.39, 0.29) is 17.4 Å². The summed E-state index contributed by atoms with van der Waals surface area (Å²) in [6.07, 6.45) is 3.37. The number of fused-ring (bicyclic) bond motifs is 1. The van der Waals surface area contributed by atoms with E-state index in [1.54, 1.807) is 6.07 Å². The number of rotatable bonds is 3. The molecule has 0 radical (unpaired) electrons. The lowest BCUT2D eigenvalue weighted by Gasteiger charge is -2.18. The lowest BCUT2D eigenvalue weighted by atomic mass is 10.1. The molecular formula is C13H16N2O4. The Hall–Kier alpha value is -1.98. The minimum atomic E-state index is -0.385. The van der Waals surface area contributed by atoms with Crippen LogP contribution in [-0.4, -0.2) is 17.8 Å². The Morgan fingerprint density at radius 3 is 2.68 bits per heavy atom. The predicted octanol–water partition coefficient (Wildman–Crippen LogP) is 2.92. The first-order chi connectivity index (χ1) is 9.15. The van der Waals surface area contributed by atoms with Gasteiger partial charge in [-0.05, 0) is 18.8 Å². The van der Waals surface area contributed by atoms with E-state index in [2.05, 4.69) is 12.2 Å². The third kappa shape index (κ3) is 2.18. The summed E-state index contributed by atoms with van der Waals surface area (Å²) in [5.74, 6) is 1.54. The topological polar surface area (TPSA) is 73.6 Å². The number of ether oxygens (including phenoxy) is 2. The summed E-state index contributed by atoms with van der Waals surface area (Å²) in [5, 5.41) is 14.4. The first kappa shape index (κ1) is 12.1. The Morgan fingerprint density at radius 2 is 2.05 bits per heavy atom. The zero-order chi connectivity index (χ0) is 13.4. The van der Waals surface area contributed by atoms with Crippen molar-refractivity contribution in [2.75, 3.05) is 12.1 Å². The van der Waals surface area contributed by atoms with Crippen molar-refractivity contribution >= 4 is 11.4 Å². The zero-order valence-electron chi connectivity index (χ0n) is 10.7. The molecule has 1 aliphatic carbocycles. The van der Waals surface area contributed by atoms with Crippen molar-refractivity contribution in [2.45, 2.75) is 32.2 Å². The Bertz CT molecular complexity index is 518. The van der Waals surface area contributed by atoms with Crippen LogP contribution in [0.5, 0.6) is 11.5 Å². The number of nitro benzene ring substituents is 1. The van der Waals surface area contributed by atoms with E-state index in [1.165, 1.54) is 6.07 Å². The molecule has 1 aromatic rings. The second-order valence-corrected chi connectivity index (χ2v) is 5.14. The van der Waals surface area contributed by atoms with Gasteiger partial charge in [0.05, 0.1) is 11.0 Å². The summed E-state index contributed by atoms with van der Waals surface area (Å²) in [6, 6.07) is 3.40. The van der Waals surface area contributed by atoms with Gasteiger partial charge in [-0.15, -0.1) is 0 Å². The van der Waals surface area contributed by atoms with Crippen LogP contribution in [0.1, 0.15) is 26.2 Å². The number of hydrogen-bond acceptors (Lipinski definition) is 5. The summed E-state index contributed by atoms with van der Waals surface area (Å²) < 4.78 is 10.5. The zero-order valence-corrected chi connectivity index (χ0v) is 10.7. The lowest BCUT2D eigenvalue weighted by Crippen LogP contribution is -2.22. The minimum absolute atomic E-state index is 0.0448. The molecule has 102 valence electrons. The Labute approximate surface area is 110 Å². The van der Waals surface area contributed by atoms with Gasteiger partial charge in [0.1, 0.15) is 5.69 Å². The quantitative estimate of drug-likeness (QED) is 0.671. The Morgan fingerprint density at radius 1 is 1.32 bits per heavy atom. The van der Waals surface area contributed by atoms with Crippen molar-refractivity contribution in [3.8, 4) is 11.5 Å². The smallest absolute Gasteiger partial charge is 0.296 e. The highest BCUT2D eigenvalue weighted by Crippen LogP contribution is 2.41. The lowest BCUT2D eigenvalue weighted by molar-refractivity contribution is -0.384. The third-order valence-corrected chi connectivity index (χ3v) is 3.89. The van der Waals surface area contributed by atoms with Crippen LogP contribution >= 0.6 is 0 Å². The molecule has 1 aliphatic heterocycles. The van der Waals surface area contributed by atoms with Crippen LogP contribution in [0.25, 0.3) is 0 Å². The molecule has 0 spiro atoms. The van der Waals surface area contributed by atoms with Crippen LogP contribution in [0.3, 0.4) is 0 Å². The molecule has 1 heterocycles. The van der Waals surface area contributed by atoms with Gasteiger partial charge >= 0.3 is 0 Å². The fourth-order valence-electron chi connectivity index (χ4n) is 2.76. The molecule has 3 rings (SSSR count). The molecule has 0 bridgehead atoms. The van der Waals surface area contributed by atoms with Gasteiger partial charge in [0.25, 0.3) is 5.69 Å². The van der Waals surface area contributed by atoms with Gasteiger partial charge in [-0.1, -0.05) is 13.3 Å². The fourth-order valence-corrected chi connectivity index (χ4v) is 2.76. The predicted molar refractivity (Wildman–Crippen MR) is 69.6 cm³/mol. The summed E-state index contributed by atoms with van der Waals surface area (Å²) in [5.41, 5.74) is 0.566. The number of hydrogen-bond donors (Lipinski definition) is 1. The fraction of sp³-hybridized carbons (Fsp3) is 0.538. The molecule has 2 atom stereocenters. The SMILES string of the molecule is CC1CCCC1Nc1cc2c(cc1[N+](=O)[O-])OCO2. The molecule has 2 aliphatic rings. The number of nitrogens with one attached hydrogen (secondary N) is 1. The monoisotopic (exact) mass is 264 g/mol. The molecular weight excluding hydrogens is 248 g/mol. The van der Waals surface area contributed by atoms with Crippen LogP contribution in [0.2, 0.25) is 0 Å². The van der Waals surface area contributed by atoms with Crippen LogP contribution < -0.4 is 14.8 Å². The molecule has 1 N–H and O–H groups in total. The van der Waals surface area contributed by atoms with Crippen molar-refractivity contribution in [3.63, 3.8) is 0 Å². The standard InChI is InChI=1S/C13H16N2O4/c1-8-3-2-4-9(8)14-10-5-12-13(19-7-18-12)6-11(10)15(16)17/h5-6,8-9,14H,2-4,7H2,1H3. The van der Waals surface area contributed by atoms with Crippen molar-refractivity contribution in [3.05, 3.63) is 22.2 Å². The van der Waals surface area contributed by atoms with E-state index in [1.807, 2.05) is 0 Å². The molecule has 6 nitrogen and oxygen atoms in total. The second-order valence-electron chi connectivity index (χ2n) is 5.14. The van der Waals surface area contributed by atoms with Gasteiger partial charge < -0.3 is 14.8 Å². The average molecular weight is 264 g/mol. The molecule has 0 aromatic heterocycles. The third-order valence-electron chi connectivity index (χ3n) is 3.89. The van der Waals surface area contributed by atoms with Crippen LogP contribution in [0.4, 0.5) is 11.4 Å². The number of nitrogens with zero attached hydrogens (tertiary/aromatic N) is 1. The molecule has 0 amide bonds. The van der Waals surface area contributed by atoms with Gasteiger partial charge in [0, 0.05) is 12.1 Å². The van der Waals surface area contributed by atoms with E-state index in [4.69, 9.17) is 9.47 Å². The highest BCUT2D eigenvalue weighted by atomic mass is 16.7. The average Bonchev–Trinajstić information content (AvgIpc) is 2.97. The first-order valence-electron chi connectivity index (χ1n) is 6.49. The largest absolute Gasteiger partial charge is 0.454 e. The Balaban J connectivity index is 1.92. The van der Waals surface area contributed by atoms with Gasteiger partial charge in [-0.3, -0.25) is 10.1 Å². The number of benzene rings is 1. The summed E-state index contributed by atoms with van der Waals surface area (Å²) in [6.45, 7) is 2.29. The van der Waals surface area contributed by atoms with Crippen LogP contribution in [0, 0.1) is 16.0 Å². The second kappa shape index (κ2) is 4.60. The van der Waals surface area contributed by atoms with Crippen LogP contribution in [0.15, 0.2) is 12.1 Å². The molecule has 19 heavy (non-hydrogen) atoms. The van der Waals surface area contributed by atoms with Gasteiger partial charge in [0.15, 0.2) is 11.5 Å². The summed E-state index contributed by atoms with van der Waals surface area (Å²) >= 11 is 0. The van der Waals surface area contributed by atoms with Crippen molar-refractivity contribution in [2.24, 2.45) is 5.92 Å². The van der Waals surface area contributed by atoms with Gasteiger partial charge in [-0.2, -0.15) is 0 Å². The van der Waals surface area contributed by atoms with Crippen LogP contribution in [-0.2, 0) is 0 Å².